The topological polar surface area (TPSA) is 361 Å². The molecule has 0 aliphatic carbocycles. The number of anilines is 3. The van der Waals surface area contributed by atoms with E-state index in [0.717, 1.165) is 199 Å². The minimum absolute atomic E-state index is 0.00919. The van der Waals surface area contributed by atoms with Gasteiger partial charge in [-0.05, 0) is 179 Å². The van der Waals surface area contributed by atoms with E-state index in [4.69, 9.17) is 41.9 Å². The molecule has 16 aromatic heterocycles. The minimum Gasteiger partial charge on any atom is -0.505 e. The maximum Gasteiger partial charge on any atom is 0.266 e. The fourth-order valence-electron chi connectivity index (χ4n) is 16.6. The average molecular weight is 2150 g/mol. The van der Waals surface area contributed by atoms with Crippen LogP contribution in [0.4, 0.5) is 17.1 Å². The van der Waals surface area contributed by atoms with Crippen LogP contribution < -0.4 is 21.9 Å². The molecule has 0 radical (unpaired) electrons. The Morgan fingerprint density at radius 1 is 0.458 bits per heavy atom. The van der Waals surface area contributed by atoms with Gasteiger partial charge >= 0.3 is 0 Å². The Bertz CT molecular complexity index is 8130. The number of thiophene rings is 9. The lowest BCUT2D eigenvalue weighted by Crippen LogP contribution is -2.35. The van der Waals surface area contributed by atoms with Crippen molar-refractivity contribution < 1.29 is 45.0 Å². The van der Waals surface area contributed by atoms with Crippen molar-refractivity contribution in [3.05, 3.63) is 250 Å². The van der Waals surface area contributed by atoms with Crippen LogP contribution in [-0.4, -0.2) is 141 Å². The van der Waals surface area contributed by atoms with Crippen LogP contribution in [0.2, 0.25) is 0 Å². The summed E-state index contributed by atoms with van der Waals surface area (Å²) < 4.78 is 90.2. The van der Waals surface area contributed by atoms with Gasteiger partial charge in [0.1, 0.15) is 59.9 Å². The summed E-state index contributed by atoms with van der Waals surface area (Å²) in [5.74, 6) is 1.61. The number of thiazole rings is 1. The van der Waals surface area contributed by atoms with Crippen molar-refractivity contribution in [2.24, 2.45) is 7.05 Å². The Morgan fingerprint density at radius 2 is 0.866 bits per heavy atom. The molecule has 38 heteroatoms. The zero-order valence-corrected chi connectivity index (χ0v) is 89.1. The van der Waals surface area contributed by atoms with E-state index in [9.17, 15) is 40.3 Å². The normalized spacial score (nSPS) is 13.5. The van der Waals surface area contributed by atoms with Crippen molar-refractivity contribution in [3.8, 4) is 120 Å². The summed E-state index contributed by atoms with van der Waals surface area (Å²) in [6, 6.07) is 66.2. The lowest BCUT2D eigenvalue weighted by molar-refractivity contribution is 0.0730. The highest BCUT2D eigenvalue weighted by atomic mass is 32.3. The molecule has 20 aromatic rings. The number of nitrogens with two attached hydrogens (primary N) is 3. The number of ether oxygens (including phenoxy) is 1. The Kier molecular flexibility index (Phi) is 32.1. The van der Waals surface area contributed by atoms with Crippen molar-refractivity contribution in [2.45, 2.75) is 102 Å². The quantitative estimate of drug-likeness (QED) is 0.0309. The Labute approximate surface area is 867 Å². The molecular weight excluding hydrogens is 2050 g/mol. The SMILES string of the molecule is CCCCS(=O)c1sc2nc(-c3cccs3)cc(-c3ccccc3)c2c1O.CCCNS(=O)(=O)c1sc2nc(-c3cccs3)cc(-c3ccccc3)c2c1N.CCOCS(=O)c1sc2nc(-c3nccs3)cc(-c3cnc(C)n3C)c2c1O.Nc1c(C(=O)N2CCCCC2)sc2nc(-c3cccs3)cc(-c3ccccc3)c12.Nc1c(S(=O)(=O)N2CCCCC2)sc2nc(-c3cccs3)cc(-c3ccccc3)c12. The molecule has 1 amide bonds. The van der Waals surface area contributed by atoms with Crippen LogP contribution in [0.25, 0.3) is 160 Å². The molecule has 0 spiro atoms. The van der Waals surface area contributed by atoms with Crippen molar-refractivity contribution in [2.75, 3.05) is 68.2 Å². The molecule has 2 atom stereocenters. The number of unbranched alkanes of at least 4 members (excludes halogenated alkanes) is 1. The number of nitrogens with zero attached hydrogens (tertiary/aromatic N) is 10. The predicted molar refractivity (Wildman–Crippen MR) is 595 cm³/mol. The molecule has 2 aliphatic heterocycles. The van der Waals surface area contributed by atoms with E-state index in [1.165, 1.54) is 63.1 Å². The number of carbonyl (C=O) groups excluding carboxylic acids is 1. The third kappa shape index (κ3) is 21.6. The number of hydrogen-bond donors (Lipinski definition) is 6. The largest absolute Gasteiger partial charge is 0.505 e. The van der Waals surface area contributed by atoms with Gasteiger partial charge in [-0.3, -0.25) is 13.2 Å². The fraction of sp³-hybridized carbons (Fsp3) is 0.212. The van der Waals surface area contributed by atoms with Crippen LogP contribution in [0.1, 0.15) is 94.1 Å². The van der Waals surface area contributed by atoms with E-state index >= 15 is 0 Å². The Morgan fingerprint density at radius 3 is 1.29 bits per heavy atom. The predicted octanol–water partition coefficient (Wildman–Crippen LogP) is 26.6. The summed E-state index contributed by atoms with van der Waals surface area (Å²) >= 11 is 14.3. The average Bonchev–Trinajstić information content (AvgIpc) is 1.58. The van der Waals surface area contributed by atoms with Crippen LogP contribution >= 0.6 is 113 Å². The number of nitrogens with one attached hydrogen (secondary N) is 1. The second-order valence-electron chi connectivity index (χ2n) is 33.1. The summed E-state index contributed by atoms with van der Waals surface area (Å²) in [5, 5.41) is 36.1. The molecule has 728 valence electrons. The standard InChI is InChI=1S/C23H21N3OS2.C22H21N3O2S3.C21H19NO2S3.C20H19N3O2S3.C18H18N4O3S3/c24-20-19-16(15-8-3-1-4-9-15)14-17(18-10-7-13-28-18)25-22(19)29-21(20)23(27)26-11-5-2-6-12-26;23-20-19-16(15-8-3-1-4-9-15)14-17(18-10-7-13-28-18)24-21(19)29-22(20)30(26,27)25-11-5-2-6-12-25;1-2-3-12-27(24)21-19(23)18-15(14-8-5-4-6-9-14)13-16(22-20(18)26-21)17-10-7-11-25-17;1-2-10-22-28(24,25)20-18(21)17-14(13-7-4-3-5-8-13)12-15(23-19(17)27-20)16-9-6-11-26-16;1-4-25-9-28(24)18-15(23)14-11(13-8-20-10(2)22(13)3)7-12(21-17(14)27-18)16-19-5-6-26-16/h1,3-4,7-10,13-14H,2,5-6,11-12,24H2;1,3-4,7-10,13-14H,2,5-6,11-12,23H2;4-11,13,23H,2-3,12H2,1H3;3-9,11-12,22H,2,10,21H2,1H3;5-8,23H,4,9H2,1-3H3. The number of nitrogen functional groups attached to an aromatic ring is 3. The van der Waals surface area contributed by atoms with Gasteiger partial charge in [-0.2, -0.15) is 4.31 Å². The van der Waals surface area contributed by atoms with Gasteiger partial charge in [0, 0.05) is 85.4 Å². The summed E-state index contributed by atoms with van der Waals surface area (Å²) in [4.78, 5) is 56.1. The van der Waals surface area contributed by atoms with Crippen LogP contribution in [0, 0.1) is 6.92 Å². The second kappa shape index (κ2) is 45.3. The molecule has 4 aromatic carbocycles. The van der Waals surface area contributed by atoms with Crippen molar-refractivity contribution in [1.29, 1.82) is 0 Å². The minimum atomic E-state index is -3.67. The highest BCUT2D eigenvalue weighted by molar-refractivity contribution is 7.92. The van der Waals surface area contributed by atoms with E-state index in [1.54, 1.807) is 62.0 Å². The molecule has 18 heterocycles. The zero-order valence-electron chi connectivity index (χ0n) is 77.7. The first-order valence-corrected chi connectivity index (χ1v) is 59.9. The highest BCUT2D eigenvalue weighted by Crippen LogP contribution is 2.52. The maximum absolute atomic E-state index is 13.4. The monoisotopic (exact) mass is 2150 g/mol. The molecule has 2 fully saturated rings. The van der Waals surface area contributed by atoms with Gasteiger partial charge in [-0.25, -0.2) is 56.4 Å². The van der Waals surface area contributed by atoms with Crippen LogP contribution in [0.15, 0.2) is 256 Å². The molecule has 2 saturated heterocycles. The summed E-state index contributed by atoms with van der Waals surface area (Å²) in [6.07, 6.45) is 12.2. The molecule has 22 rings (SSSR count). The van der Waals surface area contributed by atoms with E-state index in [0.29, 0.717) is 99.4 Å². The molecule has 2 aliphatic rings. The zero-order chi connectivity index (χ0) is 98.9. The number of rotatable bonds is 25. The van der Waals surface area contributed by atoms with Gasteiger partial charge in [-0.1, -0.05) is 172 Å². The summed E-state index contributed by atoms with van der Waals surface area (Å²) in [7, 11) is -8.05. The van der Waals surface area contributed by atoms with Crippen LogP contribution in [-0.2, 0) is 53.4 Å². The number of amides is 1. The number of benzene rings is 4. The van der Waals surface area contributed by atoms with Gasteiger partial charge in [0.05, 0.1) is 104 Å². The third-order valence-corrected chi connectivity index (χ3v) is 41.5. The molecule has 24 nitrogen and oxygen atoms in total. The lowest BCUT2D eigenvalue weighted by atomic mass is 10.0. The molecule has 2 unspecified atom stereocenters. The number of piperidine rings is 2. The number of hydrogen-bond acceptors (Lipinski definition) is 30. The Hall–Kier alpha value is -11.4. The molecule has 9 N–H and O–H groups in total. The number of pyridine rings is 5. The van der Waals surface area contributed by atoms with Crippen molar-refractivity contribution in [1.82, 2.24) is 53.4 Å². The van der Waals surface area contributed by atoms with Gasteiger partial charge in [0.2, 0.25) is 0 Å². The number of aromatic hydroxyl groups is 2. The Balaban J connectivity index is 0.000000117. The van der Waals surface area contributed by atoms with Crippen LogP contribution in [0.3, 0.4) is 0 Å². The van der Waals surface area contributed by atoms with Crippen molar-refractivity contribution in [3.63, 3.8) is 0 Å². The van der Waals surface area contributed by atoms with E-state index < -0.39 is 41.6 Å². The van der Waals surface area contributed by atoms with Gasteiger partial charge in [-0.15, -0.1) is 113 Å². The smallest absolute Gasteiger partial charge is 0.266 e. The number of fused-ring (bicyclic) bond motifs is 5. The first-order valence-electron chi connectivity index (χ1n) is 45.9. The van der Waals surface area contributed by atoms with Crippen LogP contribution in [0.5, 0.6) is 11.5 Å². The van der Waals surface area contributed by atoms with Gasteiger partial charge in [0.15, 0.2) is 19.9 Å². The number of sulfonamides is 2. The molecule has 0 bridgehead atoms. The summed E-state index contributed by atoms with van der Waals surface area (Å²) in [6.45, 7) is 11.3. The first-order chi connectivity index (χ1) is 69.0. The number of aromatic nitrogens is 8. The second-order valence-corrected chi connectivity index (χ2v) is 50.3. The van der Waals surface area contributed by atoms with Crippen molar-refractivity contribution >= 4 is 229 Å². The fourth-order valence-corrected chi connectivity index (χ4v) is 32.0. The summed E-state index contributed by atoms with van der Waals surface area (Å²) in [5.41, 5.74) is 34.2. The van der Waals surface area contributed by atoms with Gasteiger partial charge in [0.25, 0.3) is 26.0 Å². The van der Waals surface area contributed by atoms with Gasteiger partial charge < -0.3 is 41.6 Å². The maximum atomic E-state index is 13.4. The number of likely N-dealkylation sites (tertiary alicyclic amines) is 1. The lowest BCUT2D eigenvalue weighted by Gasteiger charge is -2.26. The third-order valence-electron chi connectivity index (χ3n) is 23.8. The number of imidazole rings is 1. The number of carbonyl (C=O) groups is 1. The highest BCUT2D eigenvalue weighted by Gasteiger charge is 2.35. The molecule has 0 saturated carbocycles. The number of aryl methyl sites for hydroxylation is 1. The van der Waals surface area contributed by atoms with E-state index in [2.05, 4.69) is 56.2 Å². The molecular formula is C104H98N14O10S14. The van der Waals surface area contributed by atoms with E-state index in [-0.39, 0.29) is 37.5 Å². The van der Waals surface area contributed by atoms with E-state index in [1.807, 2.05) is 235 Å². The molecule has 142 heavy (non-hydrogen) atoms. The first kappa shape index (κ1) is 101.